The van der Waals surface area contributed by atoms with Gasteiger partial charge in [0.2, 0.25) is 0 Å². The average molecular weight is 344 g/mol. The molecule has 1 amide bonds. The fourth-order valence-corrected chi connectivity index (χ4v) is 4.35. The number of hydrogen-bond acceptors (Lipinski definition) is 5. The number of hydrogen-bond donors (Lipinski definition) is 0. The van der Waals surface area contributed by atoms with Gasteiger partial charge in [0.1, 0.15) is 18.0 Å². The standard InChI is InChI=1S/C18H20N2O3S/c1-12-6-7-16(24-12)18(21)20-11-15(17-14(20)5-3-9-22-17)23-13-4-2-8-19-10-13/h2,4,6-8,10,14-15,17H,3,5,9,11H2,1H3/t14-,15-,17+/m1/s1. The molecule has 5 nitrogen and oxygen atoms in total. The maximum atomic E-state index is 12.9. The van der Waals surface area contributed by atoms with Gasteiger partial charge in [0.15, 0.2) is 0 Å². The van der Waals surface area contributed by atoms with Gasteiger partial charge in [-0.2, -0.15) is 0 Å². The molecule has 0 N–H and O–H groups in total. The minimum Gasteiger partial charge on any atom is -0.484 e. The summed E-state index contributed by atoms with van der Waals surface area (Å²) in [5, 5.41) is 0. The highest BCUT2D eigenvalue weighted by atomic mass is 32.1. The number of fused-ring (bicyclic) bond motifs is 1. The topological polar surface area (TPSA) is 51.7 Å². The van der Waals surface area contributed by atoms with Crippen LogP contribution in [0.2, 0.25) is 0 Å². The first kappa shape index (κ1) is 15.6. The van der Waals surface area contributed by atoms with Crippen LogP contribution >= 0.6 is 11.3 Å². The number of aromatic nitrogens is 1. The molecule has 0 unspecified atom stereocenters. The number of nitrogens with zero attached hydrogens (tertiary/aromatic N) is 2. The van der Waals surface area contributed by atoms with Crippen LogP contribution in [0.1, 0.15) is 27.4 Å². The molecule has 2 aromatic heterocycles. The van der Waals surface area contributed by atoms with Gasteiger partial charge < -0.3 is 14.4 Å². The second-order valence-electron chi connectivity index (χ2n) is 6.26. The number of thiophene rings is 1. The number of ether oxygens (including phenoxy) is 2. The van der Waals surface area contributed by atoms with Gasteiger partial charge in [-0.25, -0.2) is 0 Å². The van der Waals surface area contributed by atoms with Crippen LogP contribution in [0, 0.1) is 6.92 Å². The molecule has 0 bridgehead atoms. The van der Waals surface area contributed by atoms with E-state index in [0.29, 0.717) is 6.54 Å². The predicted octanol–water partition coefficient (Wildman–Crippen LogP) is 2.90. The monoisotopic (exact) mass is 344 g/mol. The zero-order valence-corrected chi connectivity index (χ0v) is 14.4. The molecule has 0 aromatic carbocycles. The van der Waals surface area contributed by atoms with Crippen molar-refractivity contribution >= 4 is 17.2 Å². The molecule has 0 spiro atoms. The lowest BCUT2D eigenvalue weighted by Gasteiger charge is -2.31. The summed E-state index contributed by atoms with van der Waals surface area (Å²) >= 11 is 1.54. The number of rotatable bonds is 3. The Morgan fingerprint density at radius 1 is 1.42 bits per heavy atom. The predicted molar refractivity (Wildman–Crippen MR) is 91.5 cm³/mol. The lowest BCUT2D eigenvalue weighted by molar-refractivity contribution is -0.0447. The molecule has 2 saturated heterocycles. The van der Waals surface area contributed by atoms with Gasteiger partial charge >= 0.3 is 0 Å². The molecule has 0 radical (unpaired) electrons. The molecule has 4 rings (SSSR count). The Morgan fingerprint density at radius 2 is 2.33 bits per heavy atom. The quantitative estimate of drug-likeness (QED) is 0.859. The minimum atomic E-state index is -0.149. The highest BCUT2D eigenvalue weighted by molar-refractivity contribution is 7.13. The van der Waals surface area contributed by atoms with Gasteiger partial charge in [-0.15, -0.1) is 11.3 Å². The first-order chi connectivity index (χ1) is 11.7. The lowest BCUT2D eigenvalue weighted by atomic mass is 10.0. The molecule has 6 heteroatoms. The second-order valence-corrected chi connectivity index (χ2v) is 7.55. The van der Waals surface area contributed by atoms with Crippen LogP contribution in [0.4, 0.5) is 0 Å². The number of carbonyl (C=O) groups is 1. The van der Waals surface area contributed by atoms with Crippen LogP contribution in [-0.4, -0.2) is 47.2 Å². The first-order valence-corrected chi connectivity index (χ1v) is 9.10. The van der Waals surface area contributed by atoms with Crippen LogP contribution in [0.5, 0.6) is 5.75 Å². The Bertz CT molecular complexity index is 718. The Hall–Kier alpha value is -1.92. The highest BCUT2D eigenvalue weighted by Gasteiger charge is 2.47. The van der Waals surface area contributed by atoms with Crippen molar-refractivity contribution in [3.8, 4) is 5.75 Å². The third-order valence-electron chi connectivity index (χ3n) is 4.61. The zero-order chi connectivity index (χ0) is 16.5. The Balaban J connectivity index is 1.56. The fourth-order valence-electron chi connectivity index (χ4n) is 3.53. The largest absolute Gasteiger partial charge is 0.484 e. The van der Waals surface area contributed by atoms with Crippen molar-refractivity contribution in [3.63, 3.8) is 0 Å². The van der Waals surface area contributed by atoms with Crippen molar-refractivity contribution in [1.82, 2.24) is 9.88 Å². The number of likely N-dealkylation sites (tertiary alicyclic amines) is 1. The smallest absolute Gasteiger partial charge is 0.264 e. The summed E-state index contributed by atoms with van der Waals surface area (Å²) in [6.07, 6.45) is 5.15. The van der Waals surface area contributed by atoms with E-state index in [1.165, 1.54) is 0 Å². The zero-order valence-electron chi connectivity index (χ0n) is 13.6. The summed E-state index contributed by atoms with van der Waals surface area (Å²) < 4.78 is 12.1. The Kier molecular flexibility index (Phi) is 4.24. The van der Waals surface area contributed by atoms with Crippen molar-refractivity contribution < 1.29 is 14.3 Å². The van der Waals surface area contributed by atoms with E-state index < -0.39 is 0 Å². The maximum absolute atomic E-state index is 12.9. The summed E-state index contributed by atoms with van der Waals surface area (Å²) in [4.78, 5) is 20.9. The molecule has 2 aromatic rings. The molecule has 0 aliphatic carbocycles. The molecule has 4 heterocycles. The second kappa shape index (κ2) is 6.53. The van der Waals surface area contributed by atoms with E-state index in [1.54, 1.807) is 23.7 Å². The summed E-state index contributed by atoms with van der Waals surface area (Å²) in [5.74, 6) is 0.808. The molecule has 126 valence electrons. The Labute approximate surface area is 145 Å². The van der Waals surface area contributed by atoms with Crippen LogP contribution in [0.25, 0.3) is 0 Å². The summed E-state index contributed by atoms with van der Waals surface area (Å²) in [6, 6.07) is 7.73. The van der Waals surface area contributed by atoms with Crippen LogP contribution in [0.3, 0.4) is 0 Å². The number of pyridine rings is 1. The van der Waals surface area contributed by atoms with E-state index in [-0.39, 0.29) is 24.2 Å². The van der Waals surface area contributed by atoms with E-state index in [9.17, 15) is 4.79 Å². The molecule has 2 aliphatic rings. The number of amides is 1. The van der Waals surface area contributed by atoms with Gasteiger partial charge in [0.05, 0.1) is 23.7 Å². The van der Waals surface area contributed by atoms with E-state index >= 15 is 0 Å². The summed E-state index contributed by atoms with van der Waals surface area (Å²) in [6.45, 7) is 3.31. The van der Waals surface area contributed by atoms with E-state index in [1.807, 2.05) is 36.1 Å². The van der Waals surface area contributed by atoms with Gasteiger partial charge in [-0.3, -0.25) is 9.78 Å². The SMILES string of the molecule is Cc1ccc(C(=O)N2C[C@@H](Oc3cccnc3)[C@H]3OCCC[C@H]32)s1. The van der Waals surface area contributed by atoms with E-state index in [2.05, 4.69) is 4.98 Å². The third-order valence-corrected chi connectivity index (χ3v) is 5.60. The Morgan fingerprint density at radius 3 is 3.08 bits per heavy atom. The first-order valence-electron chi connectivity index (χ1n) is 8.28. The average Bonchev–Trinajstić information content (AvgIpc) is 3.20. The van der Waals surface area contributed by atoms with Crippen LogP contribution < -0.4 is 4.74 Å². The van der Waals surface area contributed by atoms with E-state index in [0.717, 1.165) is 35.0 Å². The number of aryl methyl sites for hydroxylation is 1. The van der Waals surface area contributed by atoms with Crippen molar-refractivity contribution in [2.75, 3.05) is 13.2 Å². The van der Waals surface area contributed by atoms with Gasteiger partial charge in [-0.1, -0.05) is 0 Å². The maximum Gasteiger partial charge on any atom is 0.264 e. The normalized spacial score (nSPS) is 26.2. The molecule has 2 fully saturated rings. The van der Waals surface area contributed by atoms with Crippen LogP contribution in [0.15, 0.2) is 36.7 Å². The van der Waals surface area contributed by atoms with Crippen molar-refractivity contribution in [1.29, 1.82) is 0 Å². The summed E-state index contributed by atoms with van der Waals surface area (Å²) in [5.41, 5.74) is 0. The molecular formula is C18H20N2O3S. The van der Waals surface area contributed by atoms with Gasteiger partial charge in [0, 0.05) is 17.7 Å². The fraction of sp³-hybridized carbons (Fsp3) is 0.444. The number of carbonyl (C=O) groups excluding carboxylic acids is 1. The minimum absolute atomic E-state index is 0.0658. The van der Waals surface area contributed by atoms with Gasteiger partial charge in [-0.05, 0) is 44.0 Å². The van der Waals surface area contributed by atoms with E-state index in [4.69, 9.17) is 9.47 Å². The lowest BCUT2D eigenvalue weighted by Crippen LogP contribution is -2.44. The van der Waals surface area contributed by atoms with Crippen molar-refractivity contribution in [2.45, 2.75) is 38.0 Å². The van der Waals surface area contributed by atoms with Crippen LogP contribution in [-0.2, 0) is 4.74 Å². The van der Waals surface area contributed by atoms with Crippen molar-refractivity contribution in [2.24, 2.45) is 0 Å². The molecule has 24 heavy (non-hydrogen) atoms. The van der Waals surface area contributed by atoms with Gasteiger partial charge in [0.25, 0.3) is 5.91 Å². The molecule has 0 saturated carbocycles. The molecule has 2 aliphatic heterocycles. The third kappa shape index (κ3) is 2.91. The molecule has 3 atom stereocenters. The summed E-state index contributed by atoms with van der Waals surface area (Å²) in [7, 11) is 0. The highest BCUT2D eigenvalue weighted by Crippen LogP contribution is 2.33. The molecular weight excluding hydrogens is 324 g/mol. The van der Waals surface area contributed by atoms with Crippen molar-refractivity contribution in [3.05, 3.63) is 46.4 Å².